The van der Waals surface area contributed by atoms with E-state index in [-0.39, 0.29) is 0 Å². The van der Waals surface area contributed by atoms with E-state index >= 15 is 0 Å². The molecule has 0 saturated heterocycles. The molecule has 77 valence electrons. The van der Waals surface area contributed by atoms with Crippen molar-refractivity contribution in [1.29, 1.82) is 0 Å². The van der Waals surface area contributed by atoms with Crippen LogP contribution in [0.25, 0.3) is 11.1 Å². The summed E-state index contributed by atoms with van der Waals surface area (Å²) < 4.78 is 2.31. The van der Waals surface area contributed by atoms with Crippen LogP contribution in [-0.4, -0.2) is 7.05 Å². The Hall–Kier alpha value is -0.825. The van der Waals surface area contributed by atoms with Crippen LogP contribution in [0.15, 0.2) is 48.5 Å². The van der Waals surface area contributed by atoms with Crippen molar-refractivity contribution < 1.29 is 26.4 Å². The first-order chi connectivity index (χ1) is 7.68. The van der Waals surface area contributed by atoms with Crippen molar-refractivity contribution in [2.75, 3.05) is 9.71 Å². The van der Waals surface area contributed by atoms with Crippen LogP contribution in [0.2, 0.25) is 0 Å². The van der Waals surface area contributed by atoms with E-state index < -0.39 is 0 Å². The third-order valence-corrected chi connectivity index (χ3v) is 4.18. The van der Waals surface area contributed by atoms with Crippen LogP contribution in [0.4, 0.5) is 5.69 Å². The summed E-state index contributed by atoms with van der Waals surface area (Å²) in [6.07, 6.45) is 0. The maximum atomic E-state index is 2.31. The van der Waals surface area contributed by atoms with Gasteiger partial charge in [0.05, 0.1) is 0 Å². The summed E-state index contributed by atoms with van der Waals surface area (Å²) in [4.78, 5) is 0. The second-order valence-corrected chi connectivity index (χ2v) is 7.75. The van der Waals surface area contributed by atoms with Gasteiger partial charge < -0.3 is 0 Å². The normalized spacial score (nSPS) is 10.2. The van der Waals surface area contributed by atoms with Gasteiger partial charge in [-0.2, -0.15) is 0 Å². The molecule has 16 heavy (non-hydrogen) atoms. The van der Waals surface area contributed by atoms with Crippen LogP contribution < -0.4 is 2.66 Å². The molecule has 0 saturated carbocycles. The zero-order chi connectivity index (χ0) is 11.5. The van der Waals surface area contributed by atoms with E-state index in [1.165, 1.54) is 22.4 Å². The zero-order valence-electron chi connectivity index (χ0n) is 9.77. The van der Waals surface area contributed by atoms with Gasteiger partial charge in [0.15, 0.2) is 0 Å². The fourth-order valence-electron chi connectivity index (χ4n) is 1.79. The fourth-order valence-corrected chi connectivity index (χ4v) is 2.61. The molecule has 0 spiro atoms. The fraction of sp³-hybridized carbons (Fsp3) is 0.143. The topological polar surface area (TPSA) is 3.24 Å². The minimum atomic E-state index is 0.655. The van der Waals surface area contributed by atoms with E-state index in [2.05, 4.69) is 65.2 Å². The molecule has 0 bridgehead atoms. The van der Waals surface area contributed by atoms with Gasteiger partial charge in [0.1, 0.15) is 0 Å². The van der Waals surface area contributed by atoms with Gasteiger partial charge in [-0.25, -0.2) is 0 Å². The molecule has 1 nitrogen and oxygen atoms in total. The van der Waals surface area contributed by atoms with Crippen LogP contribution >= 0.6 is 0 Å². The van der Waals surface area contributed by atoms with Gasteiger partial charge in [0.25, 0.3) is 0 Å². The molecule has 0 heterocycles. The first kappa shape index (κ1) is 11.7. The Labute approximate surface area is 114 Å². The molecule has 0 fully saturated rings. The predicted molar refractivity (Wildman–Crippen MR) is 65.0 cm³/mol. The molecule has 0 N–H and O–H groups in total. The molecule has 2 rings (SSSR count). The number of hydrogen-bond acceptors (Lipinski definition) is 1. The molecule has 0 amide bonds. The number of hydrogen-bond donors (Lipinski definition) is 0. The molecular formula is C14H14HgN. The molecular weight excluding hydrogens is 383 g/mol. The molecule has 0 aliphatic carbocycles. The molecule has 0 atom stereocenters. The third kappa shape index (κ3) is 2.46. The Balaban J connectivity index is 2.39. The molecule has 2 heteroatoms. The van der Waals surface area contributed by atoms with Crippen LogP contribution in [0, 0.1) is 6.92 Å². The average molecular weight is 397 g/mol. The van der Waals surface area contributed by atoms with Gasteiger partial charge >= 0.3 is 114 Å². The molecule has 0 aromatic heterocycles. The summed E-state index contributed by atoms with van der Waals surface area (Å²) in [6, 6.07) is 17.3. The monoisotopic (exact) mass is 398 g/mol. The van der Waals surface area contributed by atoms with E-state index in [9.17, 15) is 0 Å². The zero-order valence-corrected chi connectivity index (χ0v) is 15.3. The standard InChI is InChI=1S/C14H14N.Hg/c1-11-5-3-4-6-14(11)12-7-9-13(15-2)10-8-12;/h3-10H,1-2H3;/q-1;+1. The first-order valence-electron chi connectivity index (χ1n) is 5.39. The van der Waals surface area contributed by atoms with Crippen molar-refractivity contribution in [3.8, 4) is 11.1 Å². The second kappa shape index (κ2) is 5.00. The Morgan fingerprint density at radius 1 is 0.938 bits per heavy atom. The van der Waals surface area contributed by atoms with Gasteiger partial charge in [-0.3, -0.25) is 0 Å². The number of aryl methyl sites for hydroxylation is 1. The Bertz CT molecular complexity index is 474. The molecule has 0 unspecified atom stereocenters. The van der Waals surface area contributed by atoms with Gasteiger partial charge in [0.2, 0.25) is 0 Å². The number of anilines is 1. The number of nitrogens with zero attached hydrogens (tertiary/aromatic N) is 1. The van der Waals surface area contributed by atoms with Crippen LogP contribution in [0.3, 0.4) is 0 Å². The molecule has 0 aliphatic heterocycles. The van der Waals surface area contributed by atoms with Crippen LogP contribution in [-0.2, 0) is 26.4 Å². The molecule has 2 aromatic rings. The van der Waals surface area contributed by atoms with Crippen molar-refractivity contribution >= 4 is 5.69 Å². The first-order valence-corrected chi connectivity index (χ1v) is 7.84. The van der Waals surface area contributed by atoms with Crippen molar-refractivity contribution in [3.63, 3.8) is 0 Å². The molecule has 0 radical (unpaired) electrons. The van der Waals surface area contributed by atoms with E-state index in [1.54, 1.807) is 0 Å². The second-order valence-electron chi connectivity index (χ2n) is 4.06. The summed E-state index contributed by atoms with van der Waals surface area (Å²) in [5, 5.41) is 0. The van der Waals surface area contributed by atoms with Gasteiger partial charge in [-0.05, 0) is 0 Å². The number of benzene rings is 2. The quantitative estimate of drug-likeness (QED) is 0.702. The predicted octanol–water partition coefficient (Wildman–Crippen LogP) is 3.56. The molecule has 0 aliphatic rings. The Kier molecular flexibility index (Phi) is 3.64. The van der Waals surface area contributed by atoms with Crippen molar-refractivity contribution in [3.05, 3.63) is 54.1 Å². The maximum absolute atomic E-state index is 2.31. The average Bonchev–Trinajstić information content (AvgIpc) is 2.30. The number of rotatable bonds is 2. The van der Waals surface area contributed by atoms with Gasteiger partial charge in [-0.15, -0.1) is 0 Å². The summed E-state index contributed by atoms with van der Waals surface area (Å²) in [5.74, 6) is 0. The van der Waals surface area contributed by atoms with Crippen molar-refractivity contribution in [2.45, 2.75) is 6.92 Å². The summed E-state index contributed by atoms with van der Waals surface area (Å²) in [7, 11) is 2.14. The van der Waals surface area contributed by atoms with Crippen LogP contribution in [0.5, 0.6) is 0 Å². The van der Waals surface area contributed by atoms with Crippen LogP contribution in [0.1, 0.15) is 5.56 Å². The molecule has 2 aromatic carbocycles. The minimum absolute atomic E-state index is 0.655. The van der Waals surface area contributed by atoms with Gasteiger partial charge in [0, 0.05) is 0 Å². The van der Waals surface area contributed by atoms with E-state index in [4.69, 9.17) is 0 Å². The van der Waals surface area contributed by atoms with Crippen molar-refractivity contribution in [1.82, 2.24) is 0 Å². The van der Waals surface area contributed by atoms with E-state index in [1.807, 2.05) is 0 Å². The summed E-state index contributed by atoms with van der Waals surface area (Å²) >= 11 is 0.655. The summed E-state index contributed by atoms with van der Waals surface area (Å²) in [5.41, 5.74) is 5.28. The van der Waals surface area contributed by atoms with E-state index in [0.717, 1.165) is 0 Å². The van der Waals surface area contributed by atoms with Gasteiger partial charge in [-0.1, -0.05) is 0 Å². The third-order valence-electron chi connectivity index (χ3n) is 2.76. The summed E-state index contributed by atoms with van der Waals surface area (Å²) in [6.45, 7) is 2.16. The van der Waals surface area contributed by atoms with E-state index in [0.29, 0.717) is 26.4 Å². The SMILES string of the molecule is Cc1ccccc1-c1ccc([N](C)[Hg])cc1. The Morgan fingerprint density at radius 2 is 1.56 bits per heavy atom. The van der Waals surface area contributed by atoms with Crippen molar-refractivity contribution in [2.24, 2.45) is 0 Å². The Morgan fingerprint density at radius 3 is 2.12 bits per heavy atom.